The van der Waals surface area contributed by atoms with Crippen molar-refractivity contribution in [1.82, 2.24) is 15.1 Å². The minimum absolute atomic E-state index is 0.0726. The van der Waals surface area contributed by atoms with Crippen molar-refractivity contribution < 1.29 is 4.79 Å². The molecule has 0 aromatic carbocycles. The number of rotatable bonds is 1. The van der Waals surface area contributed by atoms with Crippen molar-refractivity contribution in [2.45, 2.75) is 26.4 Å². The van der Waals surface area contributed by atoms with Crippen LogP contribution in [0.4, 0.5) is 11.5 Å². The molecule has 3 rings (SSSR count). The van der Waals surface area contributed by atoms with E-state index in [9.17, 15) is 4.79 Å². The average Bonchev–Trinajstić information content (AvgIpc) is 2.67. The second-order valence-electron chi connectivity index (χ2n) is 4.50. The Morgan fingerprint density at radius 2 is 2.35 bits per heavy atom. The van der Waals surface area contributed by atoms with Crippen LogP contribution in [0.5, 0.6) is 0 Å². The zero-order valence-electron chi connectivity index (χ0n) is 10.2. The Bertz CT molecular complexity index is 467. The molecule has 6 heteroatoms. The lowest BCUT2D eigenvalue weighted by Gasteiger charge is -2.40. The van der Waals surface area contributed by atoms with Crippen LogP contribution in [0.25, 0.3) is 0 Å². The van der Waals surface area contributed by atoms with Crippen LogP contribution in [0, 0.1) is 6.92 Å². The minimum Gasteiger partial charge on any atom is -0.340 e. The van der Waals surface area contributed by atoms with Crippen LogP contribution in [0.15, 0.2) is 0 Å². The Hall–Kier alpha value is -1.56. The van der Waals surface area contributed by atoms with Gasteiger partial charge in [0.1, 0.15) is 11.7 Å². The summed E-state index contributed by atoms with van der Waals surface area (Å²) in [4.78, 5) is 14.2. The third-order valence-electron chi connectivity index (χ3n) is 3.47. The molecular weight excluding hydrogens is 218 g/mol. The Kier molecular flexibility index (Phi) is 2.32. The topological polar surface area (TPSA) is 62.2 Å². The fraction of sp³-hybridized carbons (Fsp3) is 0.636. The van der Waals surface area contributed by atoms with E-state index in [0.29, 0.717) is 6.54 Å². The number of aryl methyl sites for hydroxylation is 2. The van der Waals surface area contributed by atoms with Gasteiger partial charge in [0.15, 0.2) is 5.82 Å². The molecule has 1 amide bonds. The van der Waals surface area contributed by atoms with Gasteiger partial charge in [0.25, 0.3) is 0 Å². The van der Waals surface area contributed by atoms with Gasteiger partial charge in [0, 0.05) is 26.2 Å². The maximum absolute atomic E-state index is 12.0. The van der Waals surface area contributed by atoms with Crippen LogP contribution >= 0.6 is 0 Å². The standard InChI is InChI=1S/C11H17N5O/c1-3-16-11-9(7(2)14-16)13-10(17)8-6-12-4-5-15(8)11/h8,12H,3-6H2,1-2H3,(H,13,17). The number of piperazine rings is 1. The van der Waals surface area contributed by atoms with E-state index in [1.165, 1.54) is 0 Å². The molecule has 0 radical (unpaired) electrons. The molecule has 6 nitrogen and oxygen atoms in total. The average molecular weight is 235 g/mol. The third-order valence-corrected chi connectivity index (χ3v) is 3.47. The van der Waals surface area contributed by atoms with E-state index in [2.05, 4.69) is 27.6 Å². The molecule has 1 aromatic rings. The molecule has 92 valence electrons. The van der Waals surface area contributed by atoms with Crippen molar-refractivity contribution >= 4 is 17.4 Å². The number of fused-ring (bicyclic) bond motifs is 3. The highest BCUT2D eigenvalue weighted by Crippen LogP contribution is 2.35. The second-order valence-corrected chi connectivity index (χ2v) is 4.50. The monoisotopic (exact) mass is 235 g/mol. The SMILES string of the molecule is CCn1nc(C)c2c1N1CCNCC1C(=O)N2. The van der Waals surface area contributed by atoms with Crippen LogP contribution in [-0.2, 0) is 11.3 Å². The molecule has 1 fully saturated rings. The van der Waals surface area contributed by atoms with Crippen LogP contribution < -0.4 is 15.5 Å². The quantitative estimate of drug-likeness (QED) is 0.716. The largest absolute Gasteiger partial charge is 0.340 e. The first-order valence-corrected chi connectivity index (χ1v) is 6.08. The summed E-state index contributed by atoms with van der Waals surface area (Å²) in [5.74, 6) is 1.14. The Morgan fingerprint density at radius 3 is 3.12 bits per heavy atom. The number of nitrogens with one attached hydrogen (secondary N) is 2. The summed E-state index contributed by atoms with van der Waals surface area (Å²) in [7, 11) is 0. The molecular formula is C11H17N5O. The van der Waals surface area contributed by atoms with Gasteiger partial charge in [-0.3, -0.25) is 4.79 Å². The first kappa shape index (κ1) is 10.6. The van der Waals surface area contributed by atoms with E-state index in [1.54, 1.807) is 0 Å². The molecule has 1 saturated heterocycles. The van der Waals surface area contributed by atoms with Crippen molar-refractivity contribution in [3.05, 3.63) is 5.69 Å². The summed E-state index contributed by atoms with van der Waals surface area (Å²) in [6.45, 7) is 7.31. The van der Waals surface area contributed by atoms with Crippen molar-refractivity contribution in [2.24, 2.45) is 0 Å². The Labute approximate surface area is 100.0 Å². The summed E-state index contributed by atoms with van der Waals surface area (Å²) in [6, 6.07) is -0.0994. The van der Waals surface area contributed by atoms with Gasteiger partial charge in [0.05, 0.1) is 5.69 Å². The molecule has 17 heavy (non-hydrogen) atoms. The summed E-state index contributed by atoms with van der Waals surface area (Å²) in [6.07, 6.45) is 0. The van der Waals surface area contributed by atoms with Crippen molar-refractivity contribution in [3.8, 4) is 0 Å². The number of nitrogens with zero attached hydrogens (tertiary/aromatic N) is 3. The van der Waals surface area contributed by atoms with Gasteiger partial charge >= 0.3 is 0 Å². The van der Waals surface area contributed by atoms with Crippen molar-refractivity contribution in [1.29, 1.82) is 0 Å². The lowest BCUT2D eigenvalue weighted by Crippen LogP contribution is -2.59. The van der Waals surface area contributed by atoms with Gasteiger partial charge in [-0.05, 0) is 13.8 Å². The summed E-state index contributed by atoms with van der Waals surface area (Å²) < 4.78 is 1.97. The van der Waals surface area contributed by atoms with E-state index in [1.807, 2.05) is 11.6 Å². The molecule has 2 aliphatic rings. The van der Waals surface area contributed by atoms with Crippen LogP contribution in [0.2, 0.25) is 0 Å². The van der Waals surface area contributed by atoms with Crippen molar-refractivity contribution in [2.75, 3.05) is 29.9 Å². The summed E-state index contributed by atoms with van der Waals surface area (Å²) in [5, 5.41) is 10.7. The lowest BCUT2D eigenvalue weighted by molar-refractivity contribution is -0.117. The highest BCUT2D eigenvalue weighted by atomic mass is 16.2. The summed E-state index contributed by atoms with van der Waals surface area (Å²) in [5.41, 5.74) is 1.78. The molecule has 2 N–H and O–H groups in total. The molecule has 1 unspecified atom stereocenters. The first-order chi connectivity index (χ1) is 8.22. The van der Waals surface area contributed by atoms with Gasteiger partial charge in [0.2, 0.25) is 5.91 Å². The number of amides is 1. The van der Waals surface area contributed by atoms with E-state index < -0.39 is 0 Å². The number of hydrogen-bond acceptors (Lipinski definition) is 4. The number of aromatic nitrogens is 2. The van der Waals surface area contributed by atoms with E-state index in [0.717, 1.165) is 36.8 Å². The summed E-state index contributed by atoms with van der Waals surface area (Å²) >= 11 is 0. The van der Waals surface area contributed by atoms with Gasteiger partial charge < -0.3 is 15.5 Å². The fourth-order valence-electron chi connectivity index (χ4n) is 2.63. The highest BCUT2D eigenvalue weighted by molar-refractivity contribution is 6.03. The van der Waals surface area contributed by atoms with E-state index >= 15 is 0 Å². The molecule has 1 aromatic heterocycles. The van der Waals surface area contributed by atoms with E-state index in [-0.39, 0.29) is 11.9 Å². The number of hydrogen-bond donors (Lipinski definition) is 2. The third kappa shape index (κ3) is 1.44. The fourth-order valence-corrected chi connectivity index (χ4v) is 2.63. The van der Waals surface area contributed by atoms with Crippen LogP contribution in [0.3, 0.4) is 0 Å². The zero-order valence-corrected chi connectivity index (χ0v) is 10.2. The smallest absolute Gasteiger partial charge is 0.248 e. The van der Waals surface area contributed by atoms with Crippen LogP contribution in [-0.4, -0.2) is 41.4 Å². The van der Waals surface area contributed by atoms with Crippen LogP contribution in [0.1, 0.15) is 12.6 Å². The normalized spacial score (nSPS) is 23.1. The number of carbonyl (C=O) groups is 1. The second kappa shape index (κ2) is 3.73. The van der Waals surface area contributed by atoms with E-state index in [4.69, 9.17) is 0 Å². The Balaban J connectivity index is 2.11. The Morgan fingerprint density at radius 1 is 1.53 bits per heavy atom. The zero-order chi connectivity index (χ0) is 12.0. The first-order valence-electron chi connectivity index (χ1n) is 6.08. The predicted molar refractivity (Wildman–Crippen MR) is 65.3 cm³/mol. The van der Waals surface area contributed by atoms with Gasteiger partial charge in [-0.1, -0.05) is 0 Å². The van der Waals surface area contributed by atoms with Gasteiger partial charge in [-0.25, -0.2) is 4.68 Å². The number of anilines is 2. The lowest BCUT2D eigenvalue weighted by atomic mass is 10.1. The minimum atomic E-state index is -0.0994. The molecule has 2 aliphatic heterocycles. The molecule has 0 aliphatic carbocycles. The number of carbonyl (C=O) groups excluding carboxylic acids is 1. The van der Waals surface area contributed by atoms with Gasteiger partial charge in [-0.15, -0.1) is 0 Å². The molecule has 0 spiro atoms. The predicted octanol–water partition coefficient (Wildman–Crippen LogP) is -0.0583. The van der Waals surface area contributed by atoms with Crippen molar-refractivity contribution in [3.63, 3.8) is 0 Å². The molecule has 1 atom stereocenters. The highest BCUT2D eigenvalue weighted by Gasteiger charge is 2.38. The maximum atomic E-state index is 12.0. The van der Waals surface area contributed by atoms with Gasteiger partial charge in [-0.2, -0.15) is 5.10 Å². The maximum Gasteiger partial charge on any atom is 0.248 e. The molecule has 3 heterocycles. The molecule has 0 saturated carbocycles. The molecule has 0 bridgehead atoms.